The SMILES string of the molecule is Cc1ccc(C2O[C@@H]3C[C@H]4[C@@H]5C[C@H](F)C6=CC(=O)C=C[C@]6(C)[C@@]5(F)[C@@H](O)C[C@]4(C)[C@]3(C(=O)SC(=O)N(C)C)O2)o1. The van der Waals surface area contributed by atoms with Crippen LogP contribution in [0, 0.1) is 29.6 Å². The lowest BCUT2D eigenvalue weighted by Crippen LogP contribution is -2.70. The van der Waals surface area contributed by atoms with E-state index in [1.165, 1.54) is 38.1 Å². The predicted octanol–water partition coefficient (Wildman–Crippen LogP) is 4.61. The lowest BCUT2D eigenvalue weighted by molar-refractivity contribution is -0.233. The van der Waals surface area contributed by atoms with Gasteiger partial charge in [-0.05, 0) is 68.9 Å². The third-order valence-electron chi connectivity index (χ3n) is 10.2. The van der Waals surface area contributed by atoms with E-state index >= 15 is 8.78 Å². The molecule has 0 radical (unpaired) electrons. The third kappa shape index (κ3) is 3.38. The second-order valence-corrected chi connectivity index (χ2v) is 13.3. The Bertz CT molecular complexity index is 1360. The van der Waals surface area contributed by atoms with Crippen molar-refractivity contribution < 1.29 is 42.2 Å². The number of fused-ring (bicyclic) bond motifs is 7. The van der Waals surface area contributed by atoms with Crippen molar-refractivity contribution in [2.45, 2.75) is 76.0 Å². The van der Waals surface area contributed by atoms with Gasteiger partial charge in [0.2, 0.25) is 11.4 Å². The number of thioether (sulfide) groups is 1. The van der Waals surface area contributed by atoms with Crippen molar-refractivity contribution in [2.24, 2.45) is 22.7 Å². The first-order valence-corrected chi connectivity index (χ1v) is 14.3. The van der Waals surface area contributed by atoms with Gasteiger partial charge in [-0.3, -0.25) is 14.4 Å². The van der Waals surface area contributed by atoms with Crippen molar-refractivity contribution in [3.05, 3.63) is 47.5 Å². The summed E-state index contributed by atoms with van der Waals surface area (Å²) in [6.07, 6.45) is -1.75. The molecule has 3 saturated carbocycles. The topological polar surface area (TPSA) is 106 Å². The van der Waals surface area contributed by atoms with Gasteiger partial charge in [0.1, 0.15) is 11.9 Å². The number of aryl methyl sites for hydroxylation is 1. The van der Waals surface area contributed by atoms with E-state index in [0.29, 0.717) is 23.3 Å². The van der Waals surface area contributed by atoms with Crippen LogP contribution in [0.25, 0.3) is 0 Å². The Morgan fingerprint density at radius 2 is 1.90 bits per heavy atom. The average Bonchev–Trinajstić information content (AvgIpc) is 3.55. The minimum atomic E-state index is -2.31. The van der Waals surface area contributed by atoms with Crippen LogP contribution in [0.4, 0.5) is 13.6 Å². The number of nitrogens with zero attached hydrogens (tertiary/aromatic N) is 1. The Morgan fingerprint density at radius 1 is 1.18 bits per heavy atom. The smallest absolute Gasteiger partial charge is 0.288 e. The molecule has 1 saturated heterocycles. The number of allylic oxidation sites excluding steroid dienone is 4. The van der Waals surface area contributed by atoms with Gasteiger partial charge < -0.3 is 23.9 Å². The van der Waals surface area contributed by atoms with Crippen LogP contribution in [0.1, 0.15) is 50.9 Å². The molecule has 0 aromatic carbocycles. The van der Waals surface area contributed by atoms with E-state index < -0.39 is 74.7 Å². The molecule has 1 N–H and O–H groups in total. The van der Waals surface area contributed by atoms with Crippen LogP contribution >= 0.6 is 11.8 Å². The second-order valence-electron chi connectivity index (χ2n) is 12.4. The van der Waals surface area contributed by atoms with Gasteiger partial charge >= 0.3 is 0 Å². The molecule has 1 aromatic rings. The number of ketones is 1. The van der Waals surface area contributed by atoms with Crippen LogP contribution in [0.15, 0.2) is 40.4 Å². The second kappa shape index (κ2) is 8.83. The number of amides is 1. The van der Waals surface area contributed by atoms with Crippen LogP contribution in [-0.2, 0) is 19.1 Å². The van der Waals surface area contributed by atoms with Crippen molar-refractivity contribution in [2.75, 3.05) is 14.1 Å². The Labute approximate surface area is 235 Å². The number of ether oxygens (including phenoxy) is 2. The minimum Gasteiger partial charge on any atom is -0.461 e. The first-order chi connectivity index (χ1) is 18.7. The summed E-state index contributed by atoms with van der Waals surface area (Å²) in [5.74, 6) is -1.11. The maximum Gasteiger partial charge on any atom is 0.288 e. The van der Waals surface area contributed by atoms with E-state index in [2.05, 4.69) is 0 Å². The van der Waals surface area contributed by atoms with Crippen LogP contribution in [0.2, 0.25) is 0 Å². The van der Waals surface area contributed by atoms with Gasteiger partial charge in [-0.1, -0.05) is 13.0 Å². The van der Waals surface area contributed by atoms with Gasteiger partial charge in [0, 0.05) is 42.6 Å². The van der Waals surface area contributed by atoms with Gasteiger partial charge in [-0.2, -0.15) is 0 Å². The first-order valence-electron chi connectivity index (χ1n) is 13.5. The molecular formula is C29H33F2NO7S. The highest BCUT2D eigenvalue weighted by Crippen LogP contribution is 2.73. The predicted molar refractivity (Wildman–Crippen MR) is 141 cm³/mol. The van der Waals surface area contributed by atoms with Crippen molar-refractivity contribution in [1.29, 1.82) is 0 Å². The lowest BCUT2D eigenvalue weighted by atomic mass is 9.44. The van der Waals surface area contributed by atoms with Gasteiger partial charge in [-0.25, -0.2) is 8.78 Å². The van der Waals surface area contributed by atoms with Gasteiger partial charge in [0.05, 0.1) is 12.2 Å². The van der Waals surface area contributed by atoms with Crippen LogP contribution in [0.5, 0.6) is 0 Å². The Morgan fingerprint density at radius 3 is 2.55 bits per heavy atom. The highest BCUT2D eigenvalue weighted by molar-refractivity contribution is 8.26. The minimum absolute atomic E-state index is 0.0262. The van der Waals surface area contributed by atoms with E-state index in [1.807, 2.05) is 0 Å². The van der Waals surface area contributed by atoms with Gasteiger partial charge in [-0.15, -0.1) is 0 Å². The van der Waals surface area contributed by atoms with E-state index in [-0.39, 0.29) is 24.8 Å². The third-order valence-corrected chi connectivity index (χ3v) is 11.2. The van der Waals surface area contributed by atoms with Crippen molar-refractivity contribution in [1.82, 2.24) is 4.90 Å². The van der Waals surface area contributed by atoms with Crippen LogP contribution in [-0.4, -0.2) is 69.9 Å². The molecule has 1 unspecified atom stereocenters. The van der Waals surface area contributed by atoms with Crippen LogP contribution < -0.4 is 0 Å². The summed E-state index contributed by atoms with van der Waals surface area (Å²) >= 11 is 0.482. The van der Waals surface area contributed by atoms with E-state index in [9.17, 15) is 19.5 Å². The van der Waals surface area contributed by atoms with Crippen molar-refractivity contribution >= 4 is 27.9 Å². The molecule has 10 atom stereocenters. The molecule has 8 nitrogen and oxygen atoms in total. The summed E-state index contributed by atoms with van der Waals surface area (Å²) in [7, 11) is 3.05. The number of hydrogen-bond donors (Lipinski definition) is 1. The number of aliphatic hydroxyl groups is 1. The summed E-state index contributed by atoms with van der Waals surface area (Å²) < 4.78 is 51.8. The zero-order valence-electron chi connectivity index (χ0n) is 23.0. The average molecular weight is 578 g/mol. The fourth-order valence-corrected chi connectivity index (χ4v) is 9.16. The Balaban J connectivity index is 1.45. The molecule has 6 rings (SSSR count). The monoisotopic (exact) mass is 577 g/mol. The molecule has 11 heteroatoms. The molecule has 2 heterocycles. The molecule has 4 aliphatic carbocycles. The lowest BCUT2D eigenvalue weighted by Gasteiger charge is -2.63. The number of carbonyl (C=O) groups excluding carboxylic acids is 3. The number of aliphatic hydroxyl groups excluding tert-OH is 1. The first kappa shape index (κ1) is 27.8. The maximum absolute atomic E-state index is 17.5. The fourth-order valence-electron chi connectivity index (χ4n) is 8.25. The molecule has 1 aromatic heterocycles. The number of halogens is 2. The molecular weight excluding hydrogens is 544 g/mol. The molecule has 4 fully saturated rings. The molecule has 5 aliphatic rings. The summed E-state index contributed by atoms with van der Waals surface area (Å²) in [5, 5.41) is 10.5. The normalized spacial score (nSPS) is 45.3. The van der Waals surface area contributed by atoms with E-state index in [1.54, 1.807) is 26.0 Å². The summed E-state index contributed by atoms with van der Waals surface area (Å²) in [5.41, 5.74) is -6.78. The number of hydrogen-bond acceptors (Lipinski definition) is 8. The summed E-state index contributed by atoms with van der Waals surface area (Å²) in [6.45, 7) is 5.03. The number of furan rings is 1. The summed E-state index contributed by atoms with van der Waals surface area (Å²) in [4.78, 5) is 40.2. The quantitative estimate of drug-likeness (QED) is 0.543. The zero-order valence-corrected chi connectivity index (χ0v) is 23.8. The molecule has 40 heavy (non-hydrogen) atoms. The molecule has 1 aliphatic heterocycles. The molecule has 0 bridgehead atoms. The maximum atomic E-state index is 17.5. The zero-order chi connectivity index (χ0) is 29.0. The largest absolute Gasteiger partial charge is 0.461 e. The Kier molecular flexibility index (Phi) is 6.14. The van der Waals surface area contributed by atoms with Crippen molar-refractivity contribution in [3.63, 3.8) is 0 Å². The fraction of sp³-hybridized carbons (Fsp3) is 0.621. The Hall–Kier alpha value is -2.34. The highest BCUT2D eigenvalue weighted by atomic mass is 32.2. The van der Waals surface area contributed by atoms with Crippen molar-refractivity contribution in [3.8, 4) is 0 Å². The van der Waals surface area contributed by atoms with Gasteiger partial charge in [0.25, 0.3) is 5.24 Å². The van der Waals surface area contributed by atoms with Crippen LogP contribution in [0.3, 0.4) is 0 Å². The standard InChI is InChI=1S/C29H33F2NO7S/c1-14-6-7-20(37-14)23-38-22-12-16-17-11-19(30)18-10-15(33)8-9-26(18,2)28(17,31)21(34)13-27(16,3)29(22,39-23)24(35)40-25(36)32(4)5/h6-10,16-17,19,21-23,34H,11-13H2,1-5H3/t16-,17-,19-,21-,22+,23?,26-,27-,28-,29-/m0/s1. The summed E-state index contributed by atoms with van der Waals surface area (Å²) in [6, 6.07) is 3.42. The number of rotatable bonds is 2. The molecule has 0 spiro atoms. The number of carbonyl (C=O) groups is 3. The number of alkyl halides is 2. The molecule has 1 amide bonds. The van der Waals surface area contributed by atoms with E-state index in [4.69, 9.17) is 13.9 Å². The van der Waals surface area contributed by atoms with E-state index in [0.717, 1.165) is 6.08 Å². The highest BCUT2D eigenvalue weighted by Gasteiger charge is 2.80. The van der Waals surface area contributed by atoms with Gasteiger partial charge in [0.15, 0.2) is 22.8 Å². The molecule has 216 valence electrons.